The fourth-order valence-electron chi connectivity index (χ4n) is 2.49. The molecule has 1 aliphatic rings. The first kappa shape index (κ1) is 22.0. The van der Waals surface area contributed by atoms with Gasteiger partial charge in [0.2, 0.25) is 0 Å². The van der Waals surface area contributed by atoms with Crippen LogP contribution in [-0.2, 0) is 42.9 Å². The number of methoxy groups -OCH3 is 1. The zero-order valence-corrected chi connectivity index (χ0v) is 15.1. The maximum atomic E-state index is 12.0. The van der Waals surface area contributed by atoms with Crippen molar-refractivity contribution in [2.24, 2.45) is 0 Å². The summed E-state index contributed by atoms with van der Waals surface area (Å²) < 4.78 is 26.1. The molecule has 1 N–H and O–H groups in total. The summed E-state index contributed by atoms with van der Waals surface area (Å²) in [5.41, 5.74) is 0. The van der Waals surface area contributed by atoms with Crippen molar-refractivity contribution in [3.05, 3.63) is 0 Å². The number of hydrogen-bond acceptors (Lipinski definition) is 10. The van der Waals surface area contributed by atoms with E-state index in [-0.39, 0.29) is 18.6 Å². The van der Waals surface area contributed by atoms with Gasteiger partial charge in [0, 0.05) is 27.4 Å². The highest BCUT2D eigenvalue weighted by molar-refractivity contribution is 5.81. The summed E-state index contributed by atoms with van der Waals surface area (Å²) in [5.74, 6) is -2.36. The van der Waals surface area contributed by atoms with E-state index < -0.39 is 55.2 Å². The van der Waals surface area contributed by atoms with Crippen LogP contribution in [0.2, 0.25) is 0 Å². The van der Waals surface area contributed by atoms with Crippen molar-refractivity contribution in [1.82, 2.24) is 0 Å². The second kappa shape index (κ2) is 10.2. The number of esters is 3. The monoisotopic (exact) mass is 376 g/mol. The predicted octanol–water partition coefficient (Wildman–Crippen LogP) is -0.506. The van der Waals surface area contributed by atoms with Crippen molar-refractivity contribution < 1.29 is 48.0 Å². The second-order valence-corrected chi connectivity index (χ2v) is 5.77. The van der Waals surface area contributed by atoms with Crippen LogP contribution < -0.4 is 0 Å². The van der Waals surface area contributed by atoms with E-state index in [1.165, 1.54) is 14.0 Å². The Bertz CT molecular complexity index is 531. The Morgan fingerprint density at radius 3 is 1.92 bits per heavy atom. The molecule has 0 aromatic rings. The van der Waals surface area contributed by atoms with Crippen molar-refractivity contribution in [1.29, 1.82) is 0 Å². The largest absolute Gasteiger partial charge is 0.455 e. The third kappa shape index (κ3) is 6.36. The number of hydrogen-bond donors (Lipinski definition) is 1. The van der Waals surface area contributed by atoms with Gasteiger partial charge in [0.15, 0.2) is 24.6 Å². The zero-order valence-electron chi connectivity index (χ0n) is 15.1. The fourth-order valence-corrected chi connectivity index (χ4v) is 2.49. The van der Waals surface area contributed by atoms with Crippen LogP contribution in [0.15, 0.2) is 0 Å². The van der Waals surface area contributed by atoms with E-state index in [0.717, 1.165) is 13.8 Å². The Morgan fingerprint density at radius 2 is 1.46 bits per heavy atom. The minimum Gasteiger partial charge on any atom is -0.455 e. The Labute approximate surface area is 150 Å². The van der Waals surface area contributed by atoms with Crippen LogP contribution in [0.1, 0.15) is 33.6 Å². The minimum absolute atomic E-state index is 0.0253. The van der Waals surface area contributed by atoms with E-state index in [4.69, 9.17) is 23.7 Å². The van der Waals surface area contributed by atoms with E-state index in [0.29, 0.717) is 0 Å². The number of aliphatic hydroxyl groups excluding tert-OH is 1. The van der Waals surface area contributed by atoms with Gasteiger partial charge >= 0.3 is 17.9 Å². The van der Waals surface area contributed by atoms with Gasteiger partial charge in [0.05, 0.1) is 13.0 Å². The van der Waals surface area contributed by atoms with Crippen LogP contribution in [0, 0.1) is 0 Å². The molecule has 148 valence electrons. The molecule has 0 unspecified atom stereocenters. The maximum absolute atomic E-state index is 12.0. The topological polar surface area (TPSA) is 135 Å². The number of ketones is 1. The van der Waals surface area contributed by atoms with Crippen molar-refractivity contribution in [3.63, 3.8) is 0 Å². The summed E-state index contributed by atoms with van der Waals surface area (Å²) in [4.78, 5) is 45.9. The lowest BCUT2D eigenvalue weighted by Gasteiger charge is -2.43. The molecule has 0 radical (unpaired) electrons. The van der Waals surface area contributed by atoms with Gasteiger partial charge in [-0.05, 0) is 6.92 Å². The molecule has 1 aliphatic heterocycles. The minimum atomic E-state index is -1.26. The third-order valence-corrected chi connectivity index (χ3v) is 3.56. The molecule has 0 saturated carbocycles. The smallest absolute Gasteiger partial charge is 0.306 e. The maximum Gasteiger partial charge on any atom is 0.306 e. The van der Waals surface area contributed by atoms with Gasteiger partial charge < -0.3 is 33.6 Å². The molecule has 0 bridgehead atoms. The van der Waals surface area contributed by atoms with Gasteiger partial charge in [0.1, 0.15) is 11.9 Å². The highest BCUT2D eigenvalue weighted by Gasteiger charge is 2.52. The molecule has 1 fully saturated rings. The lowest BCUT2D eigenvalue weighted by molar-refractivity contribution is -0.302. The Morgan fingerprint density at radius 1 is 0.885 bits per heavy atom. The molecule has 5 atom stereocenters. The fraction of sp³-hybridized carbons (Fsp3) is 0.750. The highest BCUT2D eigenvalue weighted by atomic mass is 16.7. The quantitative estimate of drug-likeness (QED) is 0.436. The summed E-state index contributed by atoms with van der Waals surface area (Å²) in [6, 6.07) is 0. The Balaban J connectivity index is 3.08. The van der Waals surface area contributed by atoms with Gasteiger partial charge in [-0.1, -0.05) is 0 Å². The van der Waals surface area contributed by atoms with Gasteiger partial charge in [-0.15, -0.1) is 0 Å². The summed E-state index contributed by atoms with van der Waals surface area (Å²) in [6.07, 6.45) is -6.17. The molecule has 1 heterocycles. The lowest BCUT2D eigenvalue weighted by Crippen LogP contribution is -2.62. The van der Waals surface area contributed by atoms with E-state index in [1.807, 2.05) is 0 Å². The zero-order chi connectivity index (χ0) is 19.9. The average molecular weight is 376 g/mol. The molecule has 10 nitrogen and oxygen atoms in total. The molecule has 1 saturated heterocycles. The molecule has 0 spiro atoms. The van der Waals surface area contributed by atoms with Gasteiger partial charge in [-0.3, -0.25) is 14.4 Å². The summed E-state index contributed by atoms with van der Waals surface area (Å²) in [6.45, 7) is 3.03. The van der Waals surface area contributed by atoms with Crippen LogP contribution in [-0.4, -0.2) is 73.2 Å². The number of Topliss-reactive ketones (excluding diaryl/α,β-unsaturated/α-hetero) is 1. The number of aliphatic hydroxyl groups is 1. The third-order valence-electron chi connectivity index (χ3n) is 3.56. The molecular weight excluding hydrogens is 352 g/mol. The number of rotatable bonds is 8. The van der Waals surface area contributed by atoms with Crippen LogP contribution >= 0.6 is 0 Å². The summed E-state index contributed by atoms with van der Waals surface area (Å²) in [5, 5.41) is 9.55. The molecule has 0 amide bonds. The molecule has 10 heteroatoms. The van der Waals surface area contributed by atoms with Gasteiger partial charge in [-0.25, -0.2) is 0 Å². The number of carbonyl (C=O) groups excluding carboxylic acids is 4. The highest BCUT2D eigenvalue weighted by Crippen LogP contribution is 2.29. The molecule has 0 aromatic heterocycles. The van der Waals surface area contributed by atoms with E-state index in [2.05, 4.69) is 0 Å². The predicted molar refractivity (Wildman–Crippen MR) is 83.7 cm³/mol. The Hall–Kier alpha value is -2.04. The first-order chi connectivity index (χ1) is 12.2. The Kier molecular flexibility index (Phi) is 8.62. The lowest BCUT2D eigenvalue weighted by atomic mass is 9.98. The standard InChI is InChI=1S/C16H24O10/c1-8(18)5-6-12(21)26-13-11(7-17)25-16(22-4)15(24-10(3)20)14(13)23-9(2)19/h11,13-17H,5-7H2,1-4H3/t11-,13-,14+,15-,16+/m1/s1. The summed E-state index contributed by atoms with van der Waals surface area (Å²) in [7, 11) is 1.28. The molecular formula is C16H24O10. The average Bonchev–Trinajstić information content (AvgIpc) is 2.55. The van der Waals surface area contributed by atoms with Crippen molar-refractivity contribution >= 4 is 23.7 Å². The van der Waals surface area contributed by atoms with Crippen LogP contribution in [0.4, 0.5) is 0 Å². The van der Waals surface area contributed by atoms with Crippen LogP contribution in [0.5, 0.6) is 0 Å². The first-order valence-corrected chi connectivity index (χ1v) is 8.02. The van der Waals surface area contributed by atoms with Crippen LogP contribution in [0.3, 0.4) is 0 Å². The van der Waals surface area contributed by atoms with E-state index in [9.17, 15) is 24.3 Å². The molecule has 0 aromatic carbocycles. The molecule has 26 heavy (non-hydrogen) atoms. The van der Waals surface area contributed by atoms with Crippen molar-refractivity contribution in [2.75, 3.05) is 13.7 Å². The van der Waals surface area contributed by atoms with E-state index in [1.54, 1.807) is 0 Å². The molecule has 1 rings (SSSR count). The van der Waals surface area contributed by atoms with Crippen LogP contribution in [0.25, 0.3) is 0 Å². The normalized spacial score (nSPS) is 28.1. The first-order valence-electron chi connectivity index (χ1n) is 8.02. The molecule has 0 aliphatic carbocycles. The summed E-state index contributed by atoms with van der Waals surface area (Å²) >= 11 is 0. The number of ether oxygens (including phenoxy) is 5. The van der Waals surface area contributed by atoms with Gasteiger partial charge in [-0.2, -0.15) is 0 Å². The van der Waals surface area contributed by atoms with Gasteiger partial charge in [0.25, 0.3) is 0 Å². The van der Waals surface area contributed by atoms with E-state index >= 15 is 0 Å². The van der Waals surface area contributed by atoms with Crippen molar-refractivity contribution in [3.8, 4) is 0 Å². The van der Waals surface area contributed by atoms with Crippen molar-refractivity contribution in [2.45, 2.75) is 64.3 Å². The SMILES string of the molecule is CO[C@H]1O[C@H](CO)[C@@H](OC(=O)CCC(C)=O)[C@H](OC(C)=O)[C@H]1OC(C)=O. The second-order valence-electron chi connectivity index (χ2n) is 5.77. The number of carbonyl (C=O) groups is 4.